The zero-order chi connectivity index (χ0) is 28.6. The summed E-state index contributed by atoms with van der Waals surface area (Å²) in [6.45, 7) is -1.02. The lowest BCUT2D eigenvalue weighted by atomic mass is 10.2. The van der Waals surface area contributed by atoms with Crippen molar-refractivity contribution in [2.24, 2.45) is 0 Å². The second-order valence-corrected chi connectivity index (χ2v) is 15.0. The lowest BCUT2D eigenvalue weighted by Gasteiger charge is -2.29. The first-order valence-electron chi connectivity index (χ1n) is 11.3. The van der Waals surface area contributed by atoms with Crippen molar-refractivity contribution in [2.75, 3.05) is 13.1 Å². The van der Waals surface area contributed by atoms with Crippen LogP contribution in [0.25, 0.3) is 0 Å². The minimum atomic E-state index is -5.44. The molecule has 0 radical (unpaired) electrons. The Balaban J connectivity index is 1.77. The summed E-state index contributed by atoms with van der Waals surface area (Å²) in [5.74, 6) is 0. The molecule has 210 valence electrons. The van der Waals surface area contributed by atoms with Crippen LogP contribution in [-0.2, 0) is 47.0 Å². The Morgan fingerprint density at radius 1 is 0.667 bits per heavy atom. The fraction of sp³-hybridized carbons (Fsp3) is 0.217. The molecular formula is C23H22F2N2O8S4. The Kier molecular flexibility index (Phi) is 7.99. The fourth-order valence-electron chi connectivity index (χ4n) is 4.33. The molecule has 16 heteroatoms. The highest BCUT2D eigenvalue weighted by atomic mass is 32.3. The van der Waals surface area contributed by atoms with Crippen molar-refractivity contribution in [3.8, 4) is 0 Å². The van der Waals surface area contributed by atoms with Crippen molar-refractivity contribution < 1.29 is 41.4 Å². The van der Waals surface area contributed by atoms with Gasteiger partial charge in [-0.15, -0.1) is 7.77 Å². The second-order valence-electron chi connectivity index (χ2n) is 8.61. The first kappa shape index (κ1) is 29.2. The number of sulfonamides is 2. The average Bonchev–Trinajstić information content (AvgIpc) is 3.38. The van der Waals surface area contributed by atoms with Gasteiger partial charge in [0.2, 0.25) is 20.0 Å². The Labute approximate surface area is 226 Å². The summed E-state index contributed by atoms with van der Waals surface area (Å²) in [6, 6.07) is 15.3. The van der Waals surface area contributed by atoms with Gasteiger partial charge in [-0.2, -0.15) is 25.4 Å². The molecule has 1 heterocycles. The molecule has 0 aliphatic carbocycles. The van der Waals surface area contributed by atoms with Gasteiger partial charge < -0.3 is 0 Å². The van der Waals surface area contributed by atoms with Crippen LogP contribution in [0.1, 0.15) is 12.0 Å². The first-order valence-corrected chi connectivity index (χ1v) is 16.9. The zero-order valence-corrected chi connectivity index (χ0v) is 23.2. The van der Waals surface area contributed by atoms with Crippen LogP contribution in [-0.4, -0.2) is 61.4 Å². The maximum atomic E-state index is 14.0. The predicted molar refractivity (Wildman–Crippen MR) is 136 cm³/mol. The van der Waals surface area contributed by atoms with Gasteiger partial charge in [0.25, 0.3) is 0 Å². The minimum Gasteiger partial charge on any atom is -0.207 e. The number of benzene rings is 3. The molecule has 0 N–H and O–H groups in total. The van der Waals surface area contributed by atoms with Crippen molar-refractivity contribution in [1.82, 2.24) is 8.61 Å². The largest absolute Gasteiger partial charge is 0.333 e. The van der Waals surface area contributed by atoms with E-state index < -0.39 is 72.7 Å². The summed E-state index contributed by atoms with van der Waals surface area (Å²) in [5.41, 5.74) is 0.483. The highest BCUT2D eigenvalue weighted by molar-refractivity contribution is 7.91. The van der Waals surface area contributed by atoms with E-state index in [9.17, 15) is 41.4 Å². The van der Waals surface area contributed by atoms with E-state index >= 15 is 0 Å². The van der Waals surface area contributed by atoms with Crippen molar-refractivity contribution in [1.29, 1.82) is 0 Å². The van der Waals surface area contributed by atoms with Crippen LogP contribution in [0, 0.1) is 0 Å². The van der Waals surface area contributed by atoms with Gasteiger partial charge in [-0.3, -0.25) is 0 Å². The topological polar surface area (TPSA) is 143 Å². The van der Waals surface area contributed by atoms with E-state index in [1.54, 1.807) is 30.3 Å². The Hall–Kier alpha value is -2.76. The minimum absolute atomic E-state index is 0.0691. The smallest absolute Gasteiger partial charge is 0.207 e. The van der Waals surface area contributed by atoms with E-state index in [-0.39, 0.29) is 19.5 Å². The maximum absolute atomic E-state index is 14.0. The molecule has 39 heavy (non-hydrogen) atoms. The van der Waals surface area contributed by atoms with Crippen LogP contribution in [0.5, 0.6) is 0 Å². The van der Waals surface area contributed by atoms with Crippen molar-refractivity contribution in [3.05, 3.63) is 84.4 Å². The Bertz CT molecular complexity index is 1820. The molecule has 10 nitrogen and oxygen atoms in total. The predicted octanol–water partition coefficient (Wildman–Crippen LogP) is 2.66. The third-order valence-corrected chi connectivity index (χ3v) is 12.0. The third-order valence-electron chi connectivity index (χ3n) is 6.14. The van der Waals surface area contributed by atoms with Crippen LogP contribution in [0.3, 0.4) is 0 Å². The number of halogens is 2. The number of hydrogen-bond acceptors (Lipinski definition) is 8. The molecule has 1 aliphatic heterocycles. The quantitative estimate of drug-likeness (QED) is 0.332. The van der Waals surface area contributed by atoms with Crippen LogP contribution in [0.4, 0.5) is 7.77 Å². The van der Waals surface area contributed by atoms with E-state index in [1.807, 2.05) is 0 Å². The summed E-state index contributed by atoms with van der Waals surface area (Å²) >= 11 is 0. The van der Waals surface area contributed by atoms with Crippen molar-refractivity contribution in [3.63, 3.8) is 0 Å². The highest BCUT2D eigenvalue weighted by Gasteiger charge is 2.42. The summed E-state index contributed by atoms with van der Waals surface area (Å²) in [4.78, 5) is -3.74. The molecular weight excluding hydrogens is 599 g/mol. The highest BCUT2D eigenvalue weighted by Crippen LogP contribution is 2.33. The van der Waals surface area contributed by atoms with Gasteiger partial charge in [0, 0.05) is 25.7 Å². The van der Waals surface area contributed by atoms with E-state index in [4.69, 9.17) is 0 Å². The van der Waals surface area contributed by atoms with Crippen LogP contribution >= 0.6 is 0 Å². The molecule has 1 unspecified atom stereocenters. The lowest BCUT2D eigenvalue weighted by molar-refractivity contribution is 0.317. The number of hydrogen-bond donors (Lipinski definition) is 0. The molecule has 0 spiro atoms. The molecule has 0 aromatic heterocycles. The number of nitrogens with zero attached hydrogens (tertiary/aromatic N) is 2. The molecule has 1 fully saturated rings. The first-order chi connectivity index (χ1) is 18.1. The van der Waals surface area contributed by atoms with Gasteiger partial charge >= 0.3 is 20.4 Å². The summed E-state index contributed by atoms with van der Waals surface area (Å²) in [5, 5.41) is 0. The van der Waals surface area contributed by atoms with Gasteiger partial charge in [0.15, 0.2) is 0 Å². The van der Waals surface area contributed by atoms with Crippen LogP contribution in [0.2, 0.25) is 0 Å². The monoisotopic (exact) mass is 620 g/mol. The molecule has 4 rings (SSSR count). The molecule has 0 saturated carbocycles. The van der Waals surface area contributed by atoms with Crippen LogP contribution in [0.15, 0.2) is 98.4 Å². The van der Waals surface area contributed by atoms with E-state index in [0.29, 0.717) is 5.56 Å². The number of rotatable bonds is 9. The molecule has 3 aromatic rings. The summed E-state index contributed by atoms with van der Waals surface area (Å²) < 4.78 is 130. The van der Waals surface area contributed by atoms with Gasteiger partial charge in [0.1, 0.15) is 19.6 Å². The van der Waals surface area contributed by atoms with Gasteiger partial charge in [0.05, 0.1) is 0 Å². The third kappa shape index (κ3) is 6.05. The standard InChI is InChI=1S/C23H22F2N2O8S4/c24-36(28,29)20-10-4-6-12-22(20)38(32,33)26-15-14-19(17-26)27(16-18-8-2-1-3-9-18)39(34,35)23-13-7-5-11-21(23)37(25,30)31/h1-13,19H,14-17H2. The van der Waals surface area contributed by atoms with E-state index in [1.165, 1.54) is 12.1 Å². The summed E-state index contributed by atoms with van der Waals surface area (Å²) in [7, 11) is -20.2. The molecule has 0 bridgehead atoms. The average molecular weight is 621 g/mol. The second kappa shape index (κ2) is 10.7. The molecule has 1 aliphatic rings. The van der Waals surface area contributed by atoms with E-state index in [2.05, 4.69) is 0 Å². The van der Waals surface area contributed by atoms with Crippen molar-refractivity contribution >= 4 is 40.5 Å². The van der Waals surface area contributed by atoms with Crippen molar-refractivity contribution in [2.45, 2.75) is 38.6 Å². The summed E-state index contributed by atoms with van der Waals surface area (Å²) in [6.07, 6.45) is -0.0691. The SMILES string of the molecule is O=S(=O)(F)c1ccccc1S(=O)(=O)N1CCC(N(Cc2ccccc2)S(=O)(=O)c2ccccc2S(=O)(=O)F)C1. The van der Waals surface area contributed by atoms with Gasteiger partial charge in [-0.25, -0.2) is 16.8 Å². The molecule has 1 saturated heterocycles. The molecule has 0 amide bonds. The van der Waals surface area contributed by atoms with Gasteiger partial charge in [-0.1, -0.05) is 54.6 Å². The van der Waals surface area contributed by atoms with Gasteiger partial charge in [-0.05, 0) is 36.2 Å². The zero-order valence-electron chi connectivity index (χ0n) is 20.0. The maximum Gasteiger partial charge on any atom is 0.333 e. The molecule has 3 aromatic carbocycles. The molecule has 1 atom stereocenters. The van der Waals surface area contributed by atoms with E-state index in [0.717, 1.165) is 45.0 Å². The lowest BCUT2D eigenvalue weighted by Crippen LogP contribution is -2.42. The Morgan fingerprint density at radius 2 is 1.13 bits per heavy atom. The normalized spacial score (nSPS) is 17.5. The fourth-order valence-corrected chi connectivity index (χ4v) is 9.93. The Morgan fingerprint density at radius 3 is 1.67 bits per heavy atom. The van der Waals surface area contributed by atoms with Crippen LogP contribution < -0.4 is 0 Å².